The van der Waals surface area contributed by atoms with Gasteiger partial charge in [-0.05, 0) is 6.42 Å². The molecule has 0 saturated heterocycles. The van der Waals surface area contributed by atoms with Crippen LogP contribution in [0.25, 0.3) is 0 Å². The fraction of sp³-hybridized carbons (Fsp3) is 0.773. The van der Waals surface area contributed by atoms with Crippen LogP contribution in [0.2, 0.25) is 0 Å². The van der Waals surface area contributed by atoms with Gasteiger partial charge in [0.15, 0.2) is 12.4 Å². The van der Waals surface area contributed by atoms with Crippen molar-refractivity contribution >= 4 is 0 Å². The van der Waals surface area contributed by atoms with Gasteiger partial charge in [-0.1, -0.05) is 96.5 Å². The number of halogens is 1. The fourth-order valence-corrected chi connectivity index (χ4v) is 3.25. The third kappa shape index (κ3) is 18.0. The maximum absolute atomic E-state index is 2.29. The second-order valence-electron chi connectivity index (χ2n) is 7.06. The zero-order valence-electron chi connectivity index (χ0n) is 16.5. The van der Waals surface area contributed by atoms with Gasteiger partial charge in [0.1, 0.15) is 6.54 Å². The number of rotatable bonds is 16. The molecule has 0 spiro atoms. The van der Waals surface area contributed by atoms with Crippen LogP contribution in [-0.2, 0) is 6.54 Å². The predicted octanol–water partition coefficient (Wildman–Crippen LogP) is 3.02. The second kappa shape index (κ2) is 21.4. The molecule has 0 amide bonds. The zero-order chi connectivity index (χ0) is 16.4. The Morgan fingerprint density at radius 3 is 1.28 bits per heavy atom. The number of hydrogen-bond acceptors (Lipinski definition) is 0. The Labute approximate surface area is 163 Å². The fourth-order valence-electron chi connectivity index (χ4n) is 3.25. The van der Waals surface area contributed by atoms with E-state index in [4.69, 9.17) is 0 Å². The molecule has 0 bridgehead atoms. The molecule has 1 rings (SSSR count). The summed E-state index contributed by atoms with van der Waals surface area (Å²) in [5.41, 5.74) is 0. The first-order valence-corrected chi connectivity index (χ1v) is 10.4. The Hall–Kier alpha value is -0.600. The average molecular weight is 372 g/mol. The second-order valence-corrected chi connectivity index (χ2v) is 7.06. The normalized spacial score (nSPS) is 10.1. The number of pyridine rings is 1. The number of hydrogen-bond donors (Lipinski definition) is 0. The summed E-state index contributed by atoms with van der Waals surface area (Å²) < 4.78 is 2.29. The van der Waals surface area contributed by atoms with E-state index in [-0.39, 0.29) is 17.9 Å². The molecule has 3 heteroatoms. The lowest BCUT2D eigenvalue weighted by molar-refractivity contribution is -0.697. The number of nitrogens with zero attached hydrogens (tertiary/aromatic N) is 1. The van der Waals surface area contributed by atoms with Gasteiger partial charge in [0, 0.05) is 18.6 Å². The molecule has 1 heterocycles. The van der Waals surface area contributed by atoms with Gasteiger partial charge < -0.3 is 17.9 Å². The quantitative estimate of drug-likeness (QED) is 0.316. The Kier molecular flexibility index (Phi) is 22.8. The molecule has 0 aromatic carbocycles. The van der Waals surface area contributed by atoms with Gasteiger partial charge >= 0.3 is 0 Å². The summed E-state index contributed by atoms with van der Waals surface area (Å²) in [6, 6.07) is 6.32. The first kappa shape index (κ1) is 26.6. The molecule has 0 unspecified atom stereocenters. The van der Waals surface area contributed by atoms with Gasteiger partial charge in [-0.2, -0.15) is 0 Å². The molecule has 2 N–H and O–H groups in total. The highest BCUT2D eigenvalue weighted by Crippen LogP contribution is 2.13. The van der Waals surface area contributed by atoms with Gasteiger partial charge in [0.05, 0.1) is 0 Å². The first-order valence-electron chi connectivity index (χ1n) is 10.4. The van der Waals surface area contributed by atoms with E-state index in [9.17, 15) is 0 Å². The number of aromatic nitrogens is 1. The van der Waals surface area contributed by atoms with Crippen molar-refractivity contribution in [2.45, 2.75) is 110 Å². The van der Waals surface area contributed by atoms with Crippen LogP contribution in [0.15, 0.2) is 30.6 Å². The van der Waals surface area contributed by atoms with Crippen molar-refractivity contribution in [2.24, 2.45) is 0 Å². The minimum Gasteiger partial charge on any atom is -1.00 e. The minimum atomic E-state index is 0. The predicted molar refractivity (Wildman–Crippen MR) is 105 cm³/mol. The molecule has 1 aromatic heterocycles. The van der Waals surface area contributed by atoms with Gasteiger partial charge in [-0.15, -0.1) is 0 Å². The lowest BCUT2D eigenvalue weighted by Gasteiger charge is -2.03. The minimum absolute atomic E-state index is 0. The summed E-state index contributed by atoms with van der Waals surface area (Å²) in [6.45, 7) is 3.47. The van der Waals surface area contributed by atoms with Gasteiger partial charge in [-0.25, -0.2) is 4.57 Å². The smallest absolute Gasteiger partial charge is 0.168 e. The molecule has 0 aliphatic heterocycles. The van der Waals surface area contributed by atoms with Crippen molar-refractivity contribution in [3.8, 4) is 0 Å². The van der Waals surface area contributed by atoms with Crippen LogP contribution in [0.4, 0.5) is 0 Å². The van der Waals surface area contributed by atoms with E-state index in [1.165, 1.54) is 103 Å². The molecule has 25 heavy (non-hydrogen) atoms. The molecule has 0 radical (unpaired) electrons. The number of unbranched alkanes of at least 4 members (excludes halogenated alkanes) is 14. The van der Waals surface area contributed by atoms with Crippen molar-refractivity contribution in [1.82, 2.24) is 0 Å². The third-order valence-electron chi connectivity index (χ3n) is 4.80. The molecule has 1 aromatic rings. The monoisotopic (exact) mass is 371 g/mol. The molecular weight excluding hydrogens is 330 g/mol. The molecule has 148 valence electrons. The van der Waals surface area contributed by atoms with Crippen LogP contribution in [0.5, 0.6) is 0 Å². The Morgan fingerprint density at radius 2 is 0.880 bits per heavy atom. The molecule has 0 aliphatic carbocycles. The topological polar surface area (TPSA) is 35.4 Å². The largest absolute Gasteiger partial charge is 1.00 e. The first-order chi connectivity index (χ1) is 11.4. The van der Waals surface area contributed by atoms with Crippen LogP contribution in [0.3, 0.4) is 0 Å². The molecule has 2 nitrogen and oxygen atoms in total. The van der Waals surface area contributed by atoms with Crippen molar-refractivity contribution < 1.29 is 22.5 Å². The standard InChI is InChI=1S/C22H40N.ClH.H2O/c1-2-3-4-5-6-7-8-9-10-11-12-13-14-15-17-20-23-21-18-16-19-22-23;;/h16,18-19,21-22H,2-15,17,20H2,1H3;1H;1H2/q+1;;/p-1. The Bertz CT molecular complexity index is 345. The van der Waals surface area contributed by atoms with Crippen molar-refractivity contribution in [1.29, 1.82) is 0 Å². The van der Waals surface area contributed by atoms with E-state index in [0.29, 0.717) is 0 Å². The van der Waals surface area contributed by atoms with E-state index in [1.807, 2.05) is 0 Å². The summed E-state index contributed by atoms with van der Waals surface area (Å²) in [5, 5.41) is 0. The molecule has 0 aliphatic rings. The Morgan fingerprint density at radius 1 is 0.520 bits per heavy atom. The highest BCUT2D eigenvalue weighted by atomic mass is 35.5. The van der Waals surface area contributed by atoms with Gasteiger partial charge in [0.25, 0.3) is 0 Å². The summed E-state index contributed by atoms with van der Waals surface area (Å²) in [4.78, 5) is 0. The summed E-state index contributed by atoms with van der Waals surface area (Å²) >= 11 is 0. The molecule has 0 fully saturated rings. The molecular formula is C22H42ClNO. The molecule has 0 atom stereocenters. The van der Waals surface area contributed by atoms with Crippen molar-refractivity contribution in [3.63, 3.8) is 0 Å². The van der Waals surface area contributed by atoms with Crippen LogP contribution in [-0.4, -0.2) is 5.48 Å². The van der Waals surface area contributed by atoms with Crippen molar-refractivity contribution in [3.05, 3.63) is 30.6 Å². The highest BCUT2D eigenvalue weighted by molar-refractivity contribution is 4.83. The third-order valence-corrected chi connectivity index (χ3v) is 4.80. The summed E-state index contributed by atoms with van der Waals surface area (Å²) in [7, 11) is 0. The highest BCUT2D eigenvalue weighted by Gasteiger charge is 1.98. The number of aryl methyl sites for hydroxylation is 1. The maximum atomic E-state index is 2.29. The van der Waals surface area contributed by atoms with E-state index in [1.54, 1.807) is 0 Å². The molecule has 0 saturated carbocycles. The summed E-state index contributed by atoms with van der Waals surface area (Å²) in [5.74, 6) is 0. The van der Waals surface area contributed by atoms with Crippen molar-refractivity contribution in [2.75, 3.05) is 0 Å². The van der Waals surface area contributed by atoms with Crippen LogP contribution in [0.1, 0.15) is 103 Å². The lowest BCUT2D eigenvalue weighted by Crippen LogP contribution is -3.00. The van der Waals surface area contributed by atoms with E-state index in [0.717, 1.165) is 0 Å². The van der Waals surface area contributed by atoms with E-state index in [2.05, 4.69) is 42.1 Å². The van der Waals surface area contributed by atoms with Crippen LogP contribution in [0, 0.1) is 0 Å². The van der Waals surface area contributed by atoms with Crippen LogP contribution < -0.4 is 17.0 Å². The summed E-state index contributed by atoms with van der Waals surface area (Å²) in [6.07, 6.45) is 25.9. The SMILES string of the molecule is CCCCCCCCCCCCCCCCC[n+]1ccccc1.O.[Cl-]. The van der Waals surface area contributed by atoms with E-state index >= 15 is 0 Å². The lowest BCUT2D eigenvalue weighted by atomic mass is 10.0. The zero-order valence-corrected chi connectivity index (χ0v) is 17.3. The maximum Gasteiger partial charge on any atom is 0.168 e. The average Bonchev–Trinajstić information content (AvgIpc) is 2.59. The van der Waals surface area contributed by atoms with Gasteiger partial charge in [0.2, 0.25) is 0 Å². The van der Waals surface area contributed by atoms with Crippen LogP contribution >= 0.6 is 0 Å². The Balaban J connectivity index is 0. The van der Waals surface area contributed by atoms with E-state index < -0.39 is 0 Å². The van der Waals surface area contributed by atoms with Gasteiger partial charge in [-0.3, -0.25) is 0 Å².